The van der Waals surface area contributed by atoms with E-state index in [9.17, 15) is 9.59 Å². The van der Waals surface area contributed by atoms with E-state index in [1.807, 2.05) is 37.3 Å². The van der Waals surface area contributed by atoms with Crippen LogP contribution in [0.25, 0.3) is 0 Å². The predicted octanol–water partition coefficient (Wildman–Crippen LogP) is 2.91. The van der Waals surface area contributed by atoms with Crippen LogP contribution in [-0.2, 0) is 9.59 Å². The van der Waals surface area contributed by atoms with Crippen LogP contribution >= 0.6 is 11.5 Å². The lowest BCUT2D eigenvalue weighted by Crippen LogP contribution is -2.35. The molecular weight excluding hydrogens is 298 g/mol. The minimum Gasteiger partial charge on any atom is -0.298 e. The number of nitrogens with zero attached hydrogens (tertiary/aromatic N) is 3. The average Bonchev–Trinajstić information content (AvgIpc) is 2.93. The van der Waals surface area contributed by atoms with Gasteiger partial charge in [0, 0.05) is 12.8 Å². The average molecular weight is 313 g/mol. The summed E-state index contributed by atoms with van der Waals surface area (Å²) in [7, 11) is 0. The van der Waals surface area contributed by atoms with Crippen LogP contribution < -0.4 is 0 Å². The van der Waals surface area contributed by atoms with Crippen molar-refractivity contribution in [3.05, 3.63) is 40.9 Å². The maximum atomic E-state index is 12.3. The summed E-state index contributed by atoms with van der Waals surface area (Å²) in [5.41, 5.74) is 1.91. The molecule has 5 nitrogen and oxygen atoms in total. The Labute approximate surface area is 132 Å². The summed E-state index contributed by atoms with van der Waals surface area (Å²) >= 11 is 1.18. The number of para-hydroxylation sites is 1. The van der Waals surface area contributed by atoms with Crippen LogP contribution in [0, 0.1) is 12.8 Å². The molecule has 1 fully saturated rings. The zero-order valence-corrected chi connectivity index (χ0v) is 13.0. The normalized spacial score (nSPS) is 17.0. The minimum absolute atomic E-state index is 0.0567. The Kier molecular flexibility index (Phi) is 4.20. The molecule has 22 heavy (non-hydrogen) atoms. The maximum Gasteiger partial charge on any atom is 0.149 e. The number of ketones is 2. The molecule has 0 amide bonds. The number of Topliss-reactive ketones (excluding diaryl/α,β-unsaturated/α-hetero) is 2. The Bertz CT molecular complexity index is 721. The van der Waals surface area contributed by atoms with Gasteiger partial charge in [-0.15, -0.1) is 5.10 Å². The molecule has 3 rings (SSSR count). The van der Waals surface area contributed by atoms with Crippen LogP contribution in [0.2, 0.25) is 0 Å². The summed E-state index contributed by atoms with van der Waals surface area (Å²) in [6.07, 6.45) is 1.48. The number of aliphatic imine (C=N–C) groups is 1. The molecule has 1 aliphatic carbocycles. The Morgan fingerprint density at radius 1 is 1.18 bits per heavy atom. The van der Waals surface area contributed by atoms with Crippen LogP contribution in [0.3, 0.4) is 0 Å². The maximum absolute atomic E-state index is 12.3. The SMILES string of the molecule is Cc1nnsc1C(=Nc1ccccc1)C1C(=O)CCCC1=O. The van der Waals surface area contributed by atoms with Gasteiger partial charge in [-0.3, -0.25) is 14.6 Å². The number of hydrogen-bond acceptors (Lipinski definition) is 6. The summed E-state index contributed by atoms with van der Waals surface area (Å²) in [6.45, 7) is 1.82. The van der Waals surface area contributed by atoms with Gasteiger partial charge < -0.3 is 0 Å². The van der Waals surface area contributed by atoms with Crippen molar-refractivity contribution in [3.63, 3.8) is 0 Å². The van der Waals surface area contributed by atoms with E-state index in [-0.39, 0.29) is 11.6 Å². The summed E-state index contributed by atoms with van der Waals surface area (Å²) in [5.74, 6) is -0.896. The fourth-order valence-electron chi connectivity index (χ4n) is 2.56. The number of carbonyl (C=O) groups excluding carboxylic acids is 2. The van der Waals surface area contributed by atoms with E-state index in [0.29, 0.717) is 30.7 Å². The van der Waals surface area contributed by atoms with Crippen molar-refractivity contribution >= 4 is 34.5 Å². The number of benzene rings is 1. The van der Waals surface area contributed by atoms with Crippen LogP contribution in [-0.4, -0.2) is 26.9 Å². The fourth-order valence-corrected chi connectivity index (χ4v) is 3.24. The highest BCUT2D eigenvalue weighted by Gasteiger charge is 2.36. The third-order valence-corrected chi connectivity index (χ3v) is 4.50. The van der Waals surface area contributed by atoms with Gasteiger partial charge in [0.2, 0.25) is 0 Å². The summed E-state index contributed by atoms with van der Waals surface area (Å²) in [5, 5.41) is 3.99. The molecule has 0 atom stereocenters. The van der Waals surface area contributed by atoms with Gasteiger partial charge in [-0.2, -0.15) is 0 Å². The van der Waals surface area contributed by atoms with E-state index in [4.69, 9.17) is 0 Å². The van der Waals surface area contributed by atoms with Crippen LogP contribution in [0.5, 0.6) is 0 Å². The van der Waals surface area contributed by atoms with E-state index >= 15 is 0 Å². The van der Waals surface area contributed by atoms with Gasteiger partial charge in [0.25, 0.3) is 0 Å². The number of rotatable bonds is 3. The van der Waals surface area contributed by atoms with Crippen molar-refractivity contribution in [1.82, 2.24) is 9.59 Å². The second kappa shape index (κ2) is 6.27. The molecule has 1 aromatic heterocycles. The van der Waals surface area contributed by atoms with Crippen molar-refractivity contribution in [1.29, 1.82) is 0 Å². The van der Waals surface area contributed by atoms with Gasteiger partial charge in [0.15, 0.2) is 0 Å². The Morgan fingerprint density at radius 2 is 1.86 bits per heavy atom. The van der Waals surface area contributed by atoms with Crippen molar-refractivity contribution in [2.45, 2.75) is 26.2 Å². The van der Waals surface area contributed by atoms with Gasteiger partial charge in [-0.25, -0.2) is 0 Å². The molecule has 0 N–H and O–H groups in total. The topological polar surface area (TPSA) is 72.3 Å². The largest absolute Gasteiger partial charge is 0.298 e. The lowest BCUT2D eigenvalue weighted by molar-refractivity contribution is -0.132. The second-order valence-electron chi connectivity index (χ2n) is 5.24. The first kappa shape index (κ1) is 14.7. The second-order valence-corrected chi connectivity index (χ2v) is 5.99. The highest BCUT2D eigenvalue weighted by Crippen LogP contribution is 2.27. The number of aryl methyl sites for hydroxylation is 1. The van der Waals surface area contributed by atoms with Crippen molar-refractivity contribution in [2.24, 2.45) is 10.9 Å². The van der Waals surface area contributed by atoms with Gasteiger partial charge in [0.05, 0.1) is 22.0 Å². The molecule has 2 aromatic rings. The Morgan fingerprint density at radius 3 is 2.45 bits per heavy atom. The first-order valence-electron chi connectivity index (χ1n) is 7.15. The molecule has 0 bridgehead atoms. The van der Waals surface area contributed by atoms with Gasteiger partial charge >= 0.3 is 0 Å². The minimum atomic E-state index is -0.782. The smallest absolute Gasteiger partial charge is 0.149 e. The molecule has 6 heteroatoms. The molecular formula is C16H15N3O2S. The van der Waals surface area contributed by atoms with Crippen molar-refractivity contribution in [3.8, 4) is 0 Å². The van der Waals surface area contributed by atoms with Crippen LogP contribution in [0.1, 0.15) is 29.8 Å². The summed E-state index contributed by atoms with van der Waals surface area (Å²) < 4.78 is 3.92. The molecule has 0 unspecified atom stereocenters. The summed E-state index contributed by atoms with van der Waals surface area (Å²) in [6, 6.07) is 9.34. The quantitative estimate of drug-likeness (QED) is 0.645. The summed E-state index contributed by atoms with van der Waals surface area (Å²) in [4.78, 5) is 29.9. The first-order chi connectivity index (χ1) is 10.7. The zero-order valence-electron chi connectivity index (χ0n) is 12.2. The molecule has 0 radical (unpaired) electrons. The molecule has 0 saturated heterocycles. The third-order valence-electron chi connectivity index (χ3n) is 3.65. The molecule has 1 aliphatic rings. The van der Waals surface area contributed by atoms with Crippen molar-refractivity contribution < 1.29 is 9.59 Å². The van der Waals surface area contributed by atoms with Gasteiger partial charge in [-0.05, 0) is 37.0 Å². The fraction of sp³-hybridized carbons (Fsp3) is 0.312. The molecule has 0 aliphatic heterocycles. The molecule has 112 valence electrons. The number of hydrogen-bond donors (Lipinski definition) is 0. The van der Waals surface area contributed by atoms with E-state index < -0.39 is 5.92 Å². The molecule has 1 aromatic carbocycles. The van der Waals surface area contributed by atoms with Crippen LogP contribution in [0.4, 0.5) is 5.69 Å². The van der Waals surface area contributed by atoms with E-state index in [2.05, 4.69) is 14.6 Å². The third kappa shape index (κ3) is 2.87. The van der Waals surface area contributed by atoms with Crippen molar-refractivity contribution in [2.75, 3.05) is 0 Å². The van der Waals surface area contributed by atoms with Crippen LogP contribution in [0.15, 0.2) is 35.3 Å². The zero-order chi connectivity index (χ0) is 15.5. The highest BCUT2D eigenvalue weighted by atomic mass is 32.1. The lowest BCUT2D eigenvalue weighted by atomic mass is 9.82. The first-order valence-corrected chi connectivity index (χ1v) is 7.92. The lowest BCUT2D eigenvalue weighted by Gasteiger charge is -2.20. The predicted molar refractivity (Wildman–Crippen MR) is 84.6 cm³/mol. The monoisotopic (exact) mass is 313 g/mol. The standard InChI is InChI=1S/C16H15N3O2S/c1-10-16(22-19-18-10)15(17-11-6-3-2-4-7-11)14-12(20)8-5-9-13(14)21/h2-4,6-7,14H,5,8-9H2,1H3. The van der Waals surface area contributed by atoms with Gasteiger partial charge in [-0.1, -0.05) is 22.7 Å². The van der Waals surface area contributed by atoms with Gasteiger partial charge in [0.1, 0.15) is 17.5 Å². The molecule has 0 spiro atoms. The number of carbonyl (C=O) groups is 2. The Balaban J connectivity index is 2.11. The van der Waals surface area contributed by atoms with E-state index in [0.717, 1.165) is 10.6 Å². The molecule has 1 heterocycles. The Hall–Kier alpha value is -2.21. The van der Waals surface area contributed by atoms with E-state index in [1.54, 1.807) is 0 Å². The highest BCUT2D eigenvalue weighted by molar-refractivity contribution is 7.08. The molecule has 1 saturated carbocycles. The number of aromatic nitrogens is 2. The van der Waals surface area contributed by atoms with E-state index in [1.165, 1.54) is 11.5 Å².